The summed E-state index contributed by atoms with van der Waals surface area (Å²) in [4.78, 5) is 20.6. The number of amides is 1. The Morgan fingerprint density at radius 1 is 1.13 bits per heavy atom. The monoisotopic (exact) mass is 325 g/mol. The van der Waals surface area contributed by atoms with Crippen LogP contribution >= 0.6 is 11.3 Å². The van der Waals surface area contributed by atoms with Gasteiger partial charge in [-0.2, -0.15) is 11.3 Å². The van der Waals surface area contributed by atoms with E-state index in [4.69, 9.17) is 4.74 Å². The molecule has 0 aliphatic heterocycles. The number of benzene rings is 1. The summed E-state index contributed by atoms with van der Waals surface area (Å²) in [7, 11) is 0. The Kier molecular flexibility index (Phi) is 4.95. The third-order valence-electron chi connectivity index (χ3n) is 3.13. The number of carbonyl (C=O) groups excluding carboxylic acids is 1. The molecule has 0 saturated heterocycles. The predicted molar refractivity (Wildman–Crippen MR) is 89.1 cm³/mol. The van der Waals surface area contributed by atoms with Crippen LogP contribution in [-0.4, -0.2) is 22.5 Å². The molecule has 0 unspecified atom stereocenters. The lowest BCUT2D eigenvalue weighted by Gasteiger charge is -2.09. The van der Waals surface area contributed by atoms with Gasteiger partial charge in [0.1, 0.15) is 5.75 Å². The van der Waals surface area contributed by atoms with Gasteiger partial charge in [-0.3, -0.25) is 14.8 Å². The Morgan fingerprint density at radius 2 is 1.96 bits per heavy atom. The van der Waals surface area contributed by atoms with E-state index in [1.165, 1.54) is 0 Å². The van der Waals surface area contributed by atoms with E-state index in [0.717, 1.165) is 17.0 Å². The molecule has 6 heteroatoms. The fourth-order valence-corrected chi connectivity index (χ4v) is 2.68. The normalized spacial score (nSPS) is 10.3. The lowest BCUT2D eigenvalue weighted by Crippen LogP contribution is -2.29. The molecule has 3 rings (SSSR count). The van der Waals surface area contributed by atoms with E-state index in [0.29, 0.717) is 12.3 Å². The van der Waals surface area contributed by atoms with Crippen LogP contribution in [0.4, 0.5) is 0 Å². The van der Waals surface area contributed by atoms with Gasteiger partial charge in [0, 0.05) is 23.3 Å². The molecule has 3 aromatic rings. The summed E-state index contributed by atoms with van der Waals surface area (Å²) < 4.78 is 5.41. The number of thiophene rings is 1. The molecule has 0 aliphatic carbocycles. The van der Waals surface area contributed by atoms with E-state index in [2.05, 4.69) is 15.3 Å². The van der Waals surface area contributed by atoms with Gasteiger partial charge in [-0.1, -0.05) is 18.2 Å². The first kappa shape index (κ1) is 15.2. The van der Waals surface area contributed by atoms with E-state index >= 15 is 0 Å². The van der Waals surface area contributed by atoms with Gasteiger partial charge in [0.05, 0.1) is 17.9 Å². The lowest BCUT2D eigenvalue weighted by atomic mass is 10.2. The molecule has 0 radical (unpaired) electrons. The highest BCUT2D eigenvalue weighted by atomic mass is 32.1. The molecule has 2 heterocycles. The second kappa shape index (κ2) is 7.51. The molecule has 0 spiro atoms. The predicted octanol–water partition coefficient (Wildman–Crippen LogP) is 2.90. The molecule has 1 amide bonds. The van der Waals surface area contributed by atoms with E-state index < -0.39 is 0 Å². The molecule has 0 fully saturated rings. The van der Waals surface area contributed by atoms with Gasteiger partial charge < -0.3 is 10.1 Å². The number of rotatable bonds is 6. The van der Waals surface area contributed by atoms with Crippen LogP contribution < -0.4 is 10.1 Å². The van der Waals surface area contributed by atoms with Gasteiger partial charge in [0.15, 0.2) is 6.61 Å². The van der Waals surface area contributed by atoms with Crippen LogP contribution in [0.15, 0.2) is 59.6 Å². The van der Waals surface area contributed by atoms with Crippen LogP contribution in [0, 0.1) is 0 Å². The first-order chi connectivity index (χ1) is 11.3. The SMILES string of the molecule is O=C(COc1ccccc1)NCc1nccnc1-c1ccsc1. The van der Waals surface area contributed by atoms with E-state index in [-0.39, 0.29) is 12.5 Å². The van der Waals surface area contributed by atoms with Gasteiger partial charge in [-0.05, 0) is 23.6 Å². The highest BCUT2D eigenvalue weighted by molar-refractivity contribution is 7.08. The Morgan fingerprint density at radius 3 is 2.74 bits per heavy atom. The second-order valence-corrected chi connectivity index (χ2v) is 5.52. The van der Waals surface area contributed by atoms with Gasteiger partial charge in [0.25, 0.3) is 5.91 Å². The van der Waals surface area contributed by atoms with Gasteiger partial charge >= 0.3 is 0 Å². The second-order valence-electron chi connectivity index (χ2n) is 4.74. The van der Waals surface area contributed by atoms with Crippen LogP contribution in [-0.2, 0) is 11.3 Å². The van der Waals surface area contributed by atoms with Crippen molar-refractivity contribution in [1.29, 1.82) is 0 Å². The van der Waals surface area contributed by atoms with Crippen LogP contribution in [0.2, 0.25) is 0 Å². The number of aromatic nitrogens is 2. The maximum atomic E-state index is 11.9. The summed E-state index contributed by atoms with van der Waals surface area (Å²) in [5, 5.41) is 6.80. The number of nitrogens with zero attached hydrogens (tertiary/aromatic N) is 2. The molecular weight excluding hydrogens is 310 g/mol. The number of hydrogen-bond donors (Lipinski definition) is 1. The molecule has 116 valence electrons. The molecule has 0 saturated carbocycles. The summed E-state index contributed by atoms with van der Waals surface area (Å²) in [6.45, 7) is 0.286. The Bertz CT molecular complexity index is 761. The Balaban J connectivity index is 1.57. The van der Waals surface area contributed by atoms with E-state index in [1.54, 1.807) is 23.7 Å². The maximum Gasteiger partial charge on any atom is 0.258 e. The van der Waals surface area contributed by atoms with Gasteiger partial charge in [-0.25, -0.2) is 0 Å². The summed E-state index contributed by atoms with van der Waals surface area (Å²) >= 11 is 1.60. The molecule has 5 nitrogen and oxygen atoms in total. The first-order valence-corrected chi connectivity index (χ1v) is 8.04. The summed E-state index contributed by atoms with van der Waals surface area (Å²) in [5.41, 5.74) is 2.53. The van der Waals surface area contributed by atoms with Crippen LogP contribution in [0.1, 0.15) is 5.69 Å². The number of nitrogens with one attached hydrogen (secondary N) is 1. The summed E-state index contributed by atoms with van der Waals surface area (Å²) in [6, 6.07) is 11.2. The zero-order valence-corrected chi connectivity index (χ0v) is 13.1. The average Bonchev–Trinajstić information content (AvgIpc) is 3.14. The van der Waals surface area contributed by atoms with Crippen molar-refractivity contribution in [3.63, 3.8) is 0 Å². The molecule has 0 atom stereocenters. The fraction of sp³-hybridized carbons (Fsp3) is 0.118. The van der Waals surface area contributed by atoms with Gasteiger partial charge in [0.2, 0.25) is 0 Å². The number of ether oxygens (including phenoxy) is 1. The molecule has 2 aromatic heterocycles. The maximum absolute atomic E-state index is 11.9. The van der Waals surface area contributed by atoms with Crippen molar-refractivity contribution in [1.82, 2.24) is 15.3 Å². The minimum absolute atomic E-state index is 0.0297. The van der Waals surface area contributed by atoms with E-state index in [1.807, 2.05) is 47.2 Å². The topological polar surface area (TPSA) is 64.1 Å². The summed E-state index contributed by atoms with van der Waals surface area (Å²) in [5.74, 6) is 0.469. The minimum Gasteiger partial charge on any atom is -0.484 e. The third-order valence-corrected chi connectivity index (χ3v) is 3.82. The standard InChI is InChI=1S/C17H15N3O2S/c21-16(11-22-14-4-2-1-3-5-14)20-10-15-17(19-8-7-18-15)13-6-9-23-12-13/h1-9,12H,10-11H2,(H,20,21). The van der Waals surface area contributed by atoms with Gasteiger partial charge in [-0.15, -0.1) is 0 Å². The van der Waals surface area contributed by atoms with Crippen molar-refractivity contribution in [2.24, 2.45) is 0 Å². The Labute approximate surface area is 138 Å². The molecular formula is C17H15N3O2S. The zero-order valence-electron chi connectivity index (χ0n) is 12.3. The van der Waals surface area contributed by atoms with Crippen molar-refractivity contribution < 1.29 is 9.53 Å². The quantitative estimate of drug-likeness (QED) is 0.757. The van der Waals surface area contributed by atoms with E-state index in [9.17, 15) is 4.79 Å². The molecule has 1 aromatic carbocycles. The van der Waals surface area contributed by atoms with Crippen LogP contribution in [0.3, 0.4) is 0 Å². The number of para-hydroxylation sites is 1. The highest BCUT2D eigenvalue weighted by Gasteiger charge is 2.10. The Hall–Kier alpha value is -2.73. The molecule has 1 N–H and O–H groups in total. The molecule has 0 aliphatic rings. The highest BCUT2D eigenvalue weighted by Crippen LogP contribution is 2.22. The van der Waals surface area contributed by atoms with Crippen molar-refractivity contribution in [3.05, 3.63) is 65.2 Å². The minimum atomic E-state index is -0.198. The lowest BCUT2D eigenvalue weighted by molar-refractivity contribution is -0.123. The van der Waals surface area contributed by atoms with Crippen molar-refractivity contribution in [3.8, 4) is 17.0 Å². The van der Waals surface area contributed by atoms with Crippen molar-refractivity contribution in [2.75, 3.05) is 6.61 Å². The third kappa shape index (κ3) is 4.14. The van der Waals surface area contributed by atoms with Crippen molar-refractivity contribution in [2.45, 2.75) is 6.54 Å². The molecule has 0 bridgehead atoms. The van der Waals surface area contributed by atoms with Crippen molar-refractivity contribution >= 4 is 17.2 Å². The fourth-order valence-electron chi connectivity index (χ4n) is 2.04. The zero-order chi connectivity index (χ0) is 15.9. The van der Waals surface area contributed by atoms with Crippen LogP contribution in [0.25, 0.3) is 11.3 Å². The largest absolute Gasteiger partial charge is 0.484 e. The average molecular weight is 325 g/mol. The smallest absolute Gasteiger partial charge is 0.258 e. The first-order valence-electron chi connectivity index (χ1n) is 7.10. The number of hydrogen-bond acceptors (Lipinski definition) is 5. The number of carbonyl (C=O) groups is 1. The molecule has 23 heavy (non-hydrogen) atoms. The summed E-state index contributed by atoms with van der Waals surface area (Å²) in [6.07, 6.45) is 3.27. The van der Waals surface area contributed by atoms with Crippen LogP contribution in [0.5, 0.6) is 5.75 Å².